The largest absolute Gasteiger partial charge is 0.471 e. The molecule has 2 aromatic heterocycles. The number of thiophene rings is 1. The summed E-state index contributed by atoms with van der Waals surface area (Å²) in [7, 11) is 3.83. The maximum Gasteiger partial charge on any atom is 0.264 e. The molecule has 2 aromatic rings. The molecule has 0 bridgehead atoms. The van der Waals surface area contributed by atoms with Crippen molar-refractivity contribution in [2.24, 2.45) is 0 Å². The van der Waals surface area contributed by atoms with Crippen molar-refractivity contribution in [3.05, 3.63) is 34.0 Å². The van der Waals surface area contributed by atoms with Crippen LogP contribution < -0.4 is 9.64 Å². The van der Waals surface area contributed by atoms with Gasteiger partial charge in [0.15, 0.2) is 5.82 Å². The van der Waals surface area contributed by atoms with E-state index in [1.54, 1.807) is 0 Å². The van der Waals surface area contributed by atoms with Crippen molar-refractivity contribution in [1.82, 2.24) is 15.1 Å². The minimum atomic E-state index is -0.0282. The number of nitrogens with zero attached hydrogens (tertiary/aromatic N) is 4. The van der Waals surface area contributed by atoms with E-state index in [1.807, 2.05) is 54.4 Å². The van der Waals surface area contributed by atoms with Crippen LogP contribution in [0, 0.1) is 6.92 Å². The van der Waals surface area contributed by atoms with E-state index in [9.17, 15) is 4.79 Å². The highest BCUT2D eigenvalue weighted by Gasteiger charge is 2.29. The van der Waals surface area contributed by atoms with Crippen LogP contribution in [0.4, 0.5) is 5.82 Å². The van der Waals surface area contributed by atoms with Gasteiger partial charge in [-0.2, -0.15) is 0 Å². The Morgan fingerprint density at radius 2 is 2.22 bits per heavy atom. The van der Waals surface area contributed by atoms with Crippen molar-refractivity contribution < 1.29 is 9.53 Å². The average Bonchev–Trinajstić information content (AvgIpc) is 3.16. The van der Waals surface area contributed by atoms with Crippen LogP contribution in [0.1, 0.15) is 21.7 Å². The van der Waals surface area contributed by atoms with Crippen molar-refractivity contribution in [1.29, 1.82) is 0 Å². The Labute approximate surface area is 139 Å². The van der Waals surface area contributed by atoms with Crippen LogP contribution in [0.3, 0.4) is 0 Å². The molecule has 0 aromatic carbocycles. The molecule has 0 saturated carbocycles. The molecule has 7 heteroatoms. The van der Waals surface area contributed by atoms with Crippen molar-refractivity contribution in [2.75, 3.05) is 32.1 Å². The summed E-state index contributed by atoms with van der Waals surface area (Å²) in [5, 5.41) is 10.2. The van der Waals surface area contributed by atoms with Gasteiger partial charge < -0.3 is 14.5 Å². The normalized spacial score (nSPS) is 17.3. The van der Waals surface area contributed by atoms with Crippen molar-refractivity contribution in [3.63, 3.8) is 0 Å². The average molecular weight is 332 g/mol. The highest BCUT2D eigenvalue weighted by atomic mass is 32.1. The molecule has 3 rings (SSSR count). The third kappa shape index (κ3) is 3.61. The van der Waals surface area contributed by atoms with E-state index in [2.05, 4.69) is 10.2 Å². The number of hydrogen-bond donors (Lipinski definition) is 0. The van der Waals surface area contributed by atoms with Crippen molar-refractivity contribution in [3.8, 4) is 5.88 Å². The second-order valence-electron chi connectivity index (χ2n) is 5.89. The van der Waals surface area contributed by atoms with Gasteiger partial charge in [-0.25, -0.2) is 0 Å². The first-order valence-corrected chi connectivity index (χ1v) is 8.43. The van der Waals surface area contributed by atoms with Gasteiger partial charge in [-0.1, -0.05) is 0 Å². The van der Waals surface area contributed by atoms with Gasteiger partial charge in [-0.3, -0.25) is 4.79 Å². The molecule has 1 aliphatic heterocycles. The number of carbonyl (C=O) groups is 1. The molecule has 122 valence electrons. The first-order chi connectivity index (χ1) is 11.0. The van der Waals surface area contributed by atoms with Crippen LogP contribution in [-0.2, 0) is 0 Å². The number of ether oxygens (including phenoxy) is 1. The number of carbonyl (C=O) groups excluding carboxylic acids is 1. The van der Waals surface area contributed by atoms with Crippen LogP contribution in [0.25, 0.3) is 0 Å². The zero-order valence-corrected chi connectivity index (χ0v) is 14.3. The molecule has 0 unspecified atom stereocenters. The van der Waals surface area contributed by atoms with Gasteiger partial charge in [0.2, 0.25) is 5.88 Å². The lowest BCUT2D eigenvalue weighted by Crippen LogP contribution is -2.30. The standard InChI is InChI=1S/C16H20N4O2S/c1-11-8-13(23-10-11)16(21)20-7-6-12(9-20)22-15-5-4-14(17-18-15)19(2)3/h4-5,8,10,12H,6-7,9H2,1-3H3/t12-/m0/s1. The van der Waals surface area contributed by atoms with E-state index < -0.39 is 0 Å². The Kier molecular flexibility index (Phi) is 4.47. The van der Waals surface area contributed by atoms with Gasteiger partial charge in [0.05, 0.1) is 11.4 Å². The number of likely N-dealkylation sites (tertiary alicyclic amines) is 1. The summed E-state index contributed by atoms with van der Waals surface area (Å²) in [6.07, 6.45) is 0.784. The number of aromatic nitrogens is 2. The Balaban J connectivity index is 1.58. The lowest BCUT2D eigenvalue weighted by Gasteiger charge is -2.16. The predicted molar refractivity (Wildman–Crippen MR) is 90.4 cm³/mol. The van der Waals surface area contributed by atoms with Crippen LogP contribution >= 0.6 is 11.3 Å². The minimum Gasteiger partial charge on any atom is -0.471 e. The van der Waals surface area contributed by atoms with E-state index in [4.69, 9.17) is 4.74 Å². The molecule has 3 heterocycles. The van der Waals surface area contributed by atoms with E-state index in [0.717, 1.165) is 22.7 Å². The molecule has 1 saturated heterocycles. The van der Waals surface area contributed by atoms with Gasteiger partial charge in [0, 0.05) is 33.1 Å². The first-order valence-electron chi connectivity index (χ1n) is 7.55. The fourth-order valence-corrected chi connectivity index (χ4v) is 3.36. The van der Waals surface area contributed by atoms with Gasteiger partial charge >= 0.3 is 0 Å². The molecule has 23 heavy (non-hydrogen) atoms. The Morgan fingerprint density at radius 1 is 1.39 bits per heavy atom. The van der Waals surface area contributed by atoms with Crippen molar-refractivity contribution in [2.45, 2.75) is 19.4 Å². The molecular formula is C16H20N4O2S. The van der Waals surface area contributed by atoms with Gasteiger partial charge in [0.25, 0.3) is 5.91 Å². The van der Waals surface area contributed by atoms with Gasteiger partial charge in [0.1, 0.15) is 6.10 Å². The third-order valence-corrected chi connectivity index (χ3v) is 4.78. The van der Waals surface area contributed by atoms with E-state index in [1.165, 1.54) is 11.3 Å². The predicted octanol–water partition coefficient (Wildman–Crippen LogP) is 2.21. The summed E-state index contributed by atoms with van der Waals surface area (Å²) >= 11 is 1.49. The maximum atomic E-state index is 12.4. The topological polar surface area (TPSA) is 58.6 Å². The Bertz CT molecular complexity index is 684. The molecular weight excluding hydrogens is 312 g/mol. The molecule has 6 nitrogen and oxygen atoms in total. The van der Waals surface area contributed by atoms with Gasteiger partial charge in [-0.05, 0) is 30.0 Å². The highest BCUT2D eigenvalue weighted by molar-refractivity contribution is 7.12. The Morgan fingerprint density at radius 3 is 2.83 bits per heavy atom. The van der Waals surface area contributed by atoms with Gasteiger partial charge in [-0.15, -0.1) is 21.5 Å². The summed E-state index contributed by atoms with van der Waals surface area (Å²) in [6, 6.07) is 5.62. The maximum absolute atomic E-state index is 12.4. The monoisotopic (exact) mass is 332 g/mol. The third-order valence-electron chi connectivity index (χ3n) is 3.75. The second kappa shape index (κ2) is 6.54. The number of anilines is 1. The quantitative estimate of drug-likeness (QED) is 0.859. The van der Waals surface area contributed by atoms with E-state index in [-0.39, 0.29) is 12.0 Å². The lowest BCUT2D eigenvalue weighted by atomic mass is 10.3. The van der Waals surface area contributed by atoms with E-state index in [0.29, 0.717) is 19.0 Å². The smallest absolute Gasteiger partial charge is 0.264 e. The van der Waals surface area contributed by atoms with Crippen LogP contribution in [0.5, 0.6) is 5.88 Å². The number of hydrogen-bond acceptors (Lipinski definition) is 6. The summed E-state index contributed by atoms with van der Waals surface area (Å²) in [5.74, 6) is 1.37. The first kappa shape index (κ1) is 15.7. The molecule has 1 aliphatic rings. The fourth-order valence-electron chi connectivity index (χ4n) is 2.49. The number of amides is 1. The molecule has 1 atom stereocenters. The fraction of sp³-hybridized carbons (Fsp3) is 0.438. The zero-order valence-electron chi connectivity index (χ0n) is 13.5. The summed E-state index contributed by atoms with van der Waals surface area (Å²) in [4.78, 5) is 16.9. The molecule has 0 N–H and O–H groups in total. The summed E-state index contributed by atoms with van der Waals surface area (Å²) < 4.78 is 5.85. The number of rotatable bonds is 4. The SMILES string of the molecule is Cc1csc(C(=O)N2CC[C@H](Oc3ccc(N(C)C)nn3)C2)c1. The van der Waals surface area contributed by atoms with E-state index >= 15 is 0 Å². The molecule has 0 radical (unpaired) electrons. The zero-order chi connectivity index (χ0) is 16.4. The van der Waals surface area contributed by atoms with Crippen LogP contribution in [0.2, 0.25) is 0 Å². The molecule has 0 spiro atoms. The minimum absolute atomic E-state index is 0.0282. The highest BCUT2D eigenvalue weighted by Crippen LogP contribution is 2.22. The lowest BCUT2D eigenvalue weighted by molar-refractivity contribution is 0.0775. The Hall–Kier alpha value is -2.15. The molecule has 1 amide bonds. The second-order valence-corrected chi connectivity index (χ2v) is 6.80. The summed E-state index contributed by atoms with van der Waals surface area (Å²) in [6.45, 7) is 3.30. The summed E-state index contributed by atoms with van der Waals surface area (Å²) in [5.41, 5.74) is 1.13. The van der Waals surface area contributed by atoms with Crippen LogP contribution in [-0.4, -0.2) is 54.3 Å². The molecule has 0 aliphatic carbocycles. The molecule has 1 fully saturated rings. The van der Waals surface area contributed by atoms with Crippen molar-refractivity contribution >= 4 is 23.1 Å². The number of aryl methyl sites for hydroxylation is 1. The van der Waals surface area contributed by atoms with Crippen LogP contribution in [0.15, 0.2) is 23.6 Å².